The molecule has 0 saturated carbocycles. The van der Waals surface area contributed by atoms with Crippen molar-refractivity contribution in [2.45, 2.75) is 13.5 Å². The maximum absolute atomic E-state index is 11.1. The SMILES string of the molecule is CCOC(=O)NCc1ccc2nsnc2c1. The van der Waals surface area contributed by atoms with Crippen LogP contribution >= 0.6 is 11.7 Å². The van der Waals surface area contributed by atoms with Crippen LogP contribution in [0.15, 0.2) is 18.2 Å². The molecule has 0 bridgehead atoms. The van der Waals surface area contributed by atoms with Crippen molar-refractivity contribution in [1.29, 1.82) is 0 Å². The number of amides is 1. The van der Waals surface area contributed by atoms with Gasteiger partial charge in [0.2, 0.25) is 0 Å². The van der Waals surface area contributed by atoms with Crippen LogP contribution in [0.3, 0.4) is 0 Å². The molecule has 0 aliphatic rings. The number of ether oxygens (including phenoxy) is 1. The van der Waals surface area contributed by atoms with Gasteiger partial charge >= 0.3 is 6.09 Å². The minimum Gasteiger partial charge on any atom is -0.450 e. The van der Waals surface area contributed by atoms with E-state index in [1.54, 1.807) is 6.92 Å². The van der Waals surface area contributed by atoms with Crippen LogP contribution in [0.1, 0.15) is 12.5 Å². The molecule has 0 aliphatic heterocycles. The first kappa shape index (κ1) is 10.8. The van der Waals surface area contributed by atoms with Gasteiger partial charge in [-0.3, -0.25) is 0 Å². The third-order valence-electron chi connectivity index (χ3n) is 2.03. The summed E-state index contributed by atoms with van der Waals surface area (Å²) in [5.74, 6) is 0. The lowest BCUT2D eigenvalue weighted by Crippen LogP contribution is -2.23. The molecular weight excluding hydrogens is 226 g/mol. The molecule has 0 fully saturated rings. The van der Waals surface area contributed by atoms with Crippen LogP contribution in [0.5, 0.6) is 0 Å². The first-order valence-corrected chi connectivity index (χ1v) is 5.64. The predicted molar refractivity (Wildman–Crippen MR) is 61.3 cm³/mol. The fourth-order valence-corrected chi connectivity index (χ4v) is 1.81. The fraction of sp³-hybridized carbons (Fsp3) is 0.300. The van der Waals surface area contributed by atoms with Gasteiger partial charge in [0.05, 0.1) is 18.3 Å². The molecular formula is C10H11N3O2S. The van der Waals surface area contributed by atoms with E-state index in [0.717, 1.165) is 16.6 Å². The minimum atomic E-state index is -0.404. The van der Waals surface area contributed by atoms with Crippen molar-refractivity contribution in [2.24, 2.45) is 0 Å². The molecule has 0 aliphatic carbocycles. The second kappa shape index (κ2) is 4.89. The van der Waals surface area contributed by atoms with Crippen LogP contribution in [0, 0.1) is 0 Å². The Bertz CT molecular complexity index is 498. The second-order valence-electron chi connectivity index (χ2n) is 3.16. The average molecular weight is 237 g/mol. The largest absolute Gasteiger partial charge is 0.450 e. The number of nitrogens with one attached hydrogen (secondary N) is 1. The summed E-state index contributed by atoms with van der Waals surface area (Å²) in [5, 5.41) is 2.65. The van der Waals surface area contributed by atoms with E-state index in [1.165, 1.54) is 11.7 Å². The lowest BCUT2D eigenvalue weighted by atomic mass is 10.2. The van der Waals surface area contributed by atoms with Crippen LogP contribution < -0.4 is 5.32 Å². The number of rotatable bonds is 3. The van der Waals surface area contributed by atoms with Gasteiger partial charge in [0.25, 0.3) is 0 Å². The van der Waals surface area contributed by atoms with E-state index < -0.39 is 6.09 Å². The first-order valence-electron chi connectivity index (χ1n) is 4.91. The van der Waals surface area contributed by atoms with Crippen molar-refractivity contribution >= 4 is 28.9 Å². The molecule has 2 rings (SSSR count). The minimum absolute atomic E-state index is 0.376. The number of aromatic nitrogens is 2. The third-order valence-corrected chi connectivity index (χ3v) is 2.59. The number of carbonyl (C=O) groups is 1. The summed E-state index contributed by atoms with van der Waals surface area (Å²) < 4.78 is 13.0. The number of alkyl carbamates (subject to hydrolysis) is 1. The summed E-state index contributed by atoms with van der Waals surface area (Å²) in [4.78, 5) is 11.1. The second-order valence-corrected chi connectivity index (χ2v) is 3.69. The van der Waals surface area contributed by atoms with Crippen LogP contribution in [-0.2, 0) is 11.3 Å². The fourth-order valence-electron chi connectivity index (χ4n) is 1.29. The number of hydrogen-bond donors (Lipinski definition) is 1. The molecule has 1 aromatic carbocycles. The van der Waals surface area contributed by atoms with Gasteiger partial charge in [-0.1, -0.05) is 6.07 Å². The zero-order chi connectivity index (χ0) is 11.4. The average Bonchev–Trinajstić information content (AvgIpc) is 2.74. The number of carbonyl (C=O) groups excluding carboxylic acids is 1. The summed E-state index contributed by atoms with van der Waals surface area (Å²) >= 11 is 1.18. The van der Waals surface area contributed by atoms with Gasteiger partial charge in [-0.2, -0.15) is 8.75 Å². The zero-order valence-electron chi connectivity index (χ0n) is 8.77. The summed E-state index contributed by atoms with van der Waals surface area (Å²) in [7, 11) is 0. The number of nitrogens with zero attached hydrogens (tertiary/aromatic N) is 2. The third kappa shape index (κ3) is 2.46. The molecule has 1 heterocycles. The van der Waals surface area contributed by atoms with Crippen molar-refractivity contribution in [3.8, 4) is 0 Å². The molecule has 0 radical (unpaired) electrons. The Morgan fingerprint density at radius 1 is 1.44 bits per heavy atom. The van der Waals surface area contributed by atoms with Gasteiger partial charge in [0, 0.05) is 6.54 Å². The van der Waals surface area contributed by atoms with Gasteiger partial charge in [-0.05, 0) is 24.6 Å². The van der Waals surface area contributed by atoms with Crippen molar-refractivity contribution in [3.05, 3.63) is 23.8 Å². The van der Waals surface area contributed by atoms with Crippen molar-refractivity contribution in [1.82, 2.24) is 14.1 Å². The van der Waals surface area contributed by atoms with E-state index in [9.17, 15) is 4.79 Å². The Balaban J connectivity index is 2.01. The molecule has 6 heteroatoms. The van der Waals surface area contributed by atoms with Crippen LogP contribution in [-0.4, -0.2) is 21.4 Å². The van der Waals surface area contributed by atoms with E-state index in [-0.39, 0.29) is 0 Å². The van der Waals surface area contributed by atoms with E-state index >= 15 is 0 Å². The van der Waals surface area contributed by atoms with Gasteiger partial charge in [0.15, 0.2) is 0 Å². The predicted octanol–water partition coefficient (Wildman–Crippen LogP) is 1.94. The molecule has 1 N–H and O–H groups in total. The summed E-state index contributed by atoms with van der Waals surface area (Å²) in [6.45, 7) is 2.58. The highest BCUT2D eigenvalue weighted by Crippen LogP contribution is 2.13. The summed E-state index contributed by atoms with van der Waals surface area (Å²) in [5.41, 5.74) is 2.71. The monoisotopic (exact) mass is 237 g/mol. The topological polar surface area (TPSA) is 64.1 Å². The van der Waals surface area contributed by atoms with Gasteiger partial charge in [-0.25, -0.2) is 4.79 Å². The summed E-state index contributed by atoms with van der Waals surface area (Å²) in [6, 6.07) is 5.71. The summed E-state index contributed by atoms with van der Waals surface area (Å²) in [6.07, 6.45) is -0.404. The number of benzene rings is 1. The van der Waals surface area contributed by atoms with Crippen molar-refractivity contribution in [2.75, 3.05) is 6.61 Å². The Labute approximate surface area is 96.8 Å². The lowest BCUT2D eigenvalue weighted by molar-refractivity contribution is 0.151. The quantitative estimate of drug-likeness (QED) is 0.886. The molecule has 0 atom stereocenters. The van der Waals surface area contributed by atoms with Gasteiger partial charge < -0.3 is 10.1 Å². The molecule has 1 aromatic heterocycles. The molecule has 1 amide bonds. The van der Waals surface area contributed by atoms with E-state index in [1.807, 2.05) is 18.2 Å². The standard InChI is InChI=1S/C10H11N3O2S/c1-2-15-10(14)11-6-7-3-4-8-9(5-7)13-16-12-8/h3-5H,2,6H2,1H3,(H,11,14). The molecule has 0 unspecified atom stereocenters. The van der Waals surface area contributed by atoms with E-state index in [0.29, 0.717) is 13.2 Å². The number of fused-ring (bicyclic) bond motifs is 1. The highest BCUT2D eigenvalue weighted by atomic mass is 32.1. The Hall–Kier alpha value is -1.69. The zero-order valence-corrected chi connectivity index (χ0v) is 9.58. The molecule has 0 spiro atoms. The van der Waals surface area contributed by atoms with Crippen LogP contribution in [0.25, 0.3) is 11.0 Å². The highest BCUT2D eigenvalue weighted by molar-refractivity contribution is 7.00. The van der Waals surface area contributed by atoms with Gasteiger partial charge in [-0.15, -0.1) is 0 Å². The highest BCUT2D eigenvalue weighted by Gasteiger charge is 2.03. The number of hydrogen-bond acceptors (Lipinski definition) is 5. The van der Waals surface area contributed by atoms with Crippen molar-refractivity contribution < 1.29 is 9.53 Å². The Kier molecular flexibility index (Phi) is 3.31. The molecule has 5 nitrogen and oxygen atoms in total. The van der Waals surface area contributed by atoms with Crippen LogP contribution in [0.4, 0.5) is 4.79 Å². The Morgan fingerprint density at radius 3 is 3.06 bits per heavy atom. The molecule has 2 aromatic rings. The van der Waals surface area contributed by atoms with E-state index in [2.05, 4.69) is 14.1 Å². The van der Waals surface area contributed by atoms with E-state index in [4.69, 9.17) is 4.74 Å². The smallest absolute Gasteiger partial charge is 0.407 e. The maximum atomic E-state index is 11.1. The molecule has 84 valence electrons. The Morgan fingerprint density at radius 2 is 2.25 bits per heavy atom. The van der Waals surface area contributed by atoms with Gasteiger partial charge in [0.1, 0.15) is 11.0 Å². The first-order chi connectivity index (χ1) is 7.79. The normalized spacial score (nSPS) is 10.3. The van der Waals surface area contributed by atoms with Crippen LogP contribution in [0.2, 0.25) is 0 Å². The molecule has 0 saturated heterocycles. The maximum Gasteiger partial charge on any atom is 0.407 e. The van der Waals surface area contributed by atoms with Crippen molar-refractivity contribution in [3.63, 3.8) is 0 Å². The molecule has 16 heavy (non-hydrogen) atoms. The lowest BCUT2D eigenvalue weighted by Gasteiger charge is -2.04.